The van der Waals surface area contributed by atoms with Crippen molar-refractivity contribution in [3.05, 3.63) is 49.9 Å². The minimum atomic E-state index is -0.489. The molecule has 0 radical (unpaired) electrons. The van der Waals surface area contributed by atoms with Crippen LogP contribution in [0.15, 0.2) is 18.2 Å². The van der Waals surface area contributed by atoms with E-state index in [2.05, 4.69) is 12.2 Å². The molecule has 154 valence electrons. The van der Waals surface area contributed by atoms with Crippen LogP contribution in [0.2, 0.25) is 0 Å². The summed E-state index contributed by atoms with van der Waals surface area (Å²) in [6, 6.07) is 4.17. The van der Waals surface area contributed by atoms with Crippen molar-refractivity contribution in [3.8, 4) is 5.75 Å². The van der Waals surface area contributed by atoms with Crippen molar-refractivity contribution in [1.82, 2.24) is 0 Å². The van der Waals surface area contributed by atoms with E-state index in [1.807, 2.05) is 0 Å². The van der Waals surface area contributed by atoms with Crippen LogP contribution in [0.1, 0.15) is 39.7 Å². The highest BCUT2D eigenvalue weighted by molar-refractivity contribution is 7.17. The van der Waals surface area contributed by atoms with Gasteiger partial charge in [0.1, 0.15) is 10.8 Å². The van der Waals surface area contributed by atoms with Crippen LogP contribution in [0.25, 0.3) is 0 Å². The maximum absolute atomic E-state index is 12.4. The van der Waals surface area contributed by atoms with Gasteiger partial charge in [0, 0.05) is 17.0 Å². The minimum absolute atomic E-state index is 0.0413. The van der Waals surface area contributed by atoms with E-state index in [4.69, 9.17) is 9.47 Å². The van der Waals surface area contributed by atoms with Gasteiger partial charge in [-0.3, -0.25) is 14.9 Å². The third kappa shape index (κ3) is 4.56. The smallest absolute Gasteiger partial charge is 0.341 e. The van der Waals surface area contributed by atoms with Crippen molar-refractivity contribution in [1.29, 1.82) is 0 Å². The number of nitrogens with one attached hydrogen (secondary N) is 1. The second-order valence-electron chi connectivity index (χ2n) is 7.09. The van der Waals surface area contributed by atoms with E-state index in [1.54, 1.807) is 6.92 Å². The van der Waals surface area contributed by atoms with Gasteiger partial charge in [-0.2, -0.15) is 0 Å². The number of aryl methyl sites for hydroxylation is 1. The fraction of sp³-hybridized carbons (Fsp3) is 0.400. The number of carbonyl (C=O) groups is 2. The number of ether oxygens (including phenoxy) is 2. The Labute approximate surface area is 172 Å². The molecule has 1 aromatic heterocycles. The monoisotopic (exact) mass is 418 g/mol. The molecule has 1 N–H and O–H groups in total. The summed E-state index contributed by atoms with van der Waals surface area (Å²) in [5.41, 5.74) is 1.91. The predicted octanol–water partition coefficient (Wildman–Crippen LogP) is 3.89. The SMILES string of the molecule is COC(=O)c1c(NC(=O)COc2ccc([N+](=O)[O-])cc2C)sc2c1CCC(C)C2. The third-order valence-corrected chi connectivity index (χ3v) is 6.05. The Hall–Kier alpha value is -2.94. The van der Waals surface area contributed by atoms with Crippen molar-refractivity contribution in [3.63, 3.8) is 0 Å². The summed E-state index contributed by atoms with van der Waals surface area (Å²) in [6.45, 7) is 3.56. The average molecular weight is 418 g/mol. The standard InChI is InChI=1S/C20H22N2O6S/c1-11-4-6-14-16(8-11)29-19(18(14)20(24)27-3)21-17(23)10-28-15-7-5-13(22(25)26)9-12(15)2/h5,7,9,11H,4,6,8,10H2,1-3H3,(H,21,23). The first-order valence-corrected chi connectivity index (χ1v) is 10.0. The van der Waals surface area contributed by atoms with Gasteiger partial charge in [-0.15, -0.1) is 11.3 Å². The molecule has 3 rings (SSSR count). The van der Waals surface area contributed by atoms with E-state index in [0.29, 0.717) is 27.8 Å². The van der Waals surface area contributed by atoms with E-state index >= 15 is 0 Å². The Morgan fingerprint density at radius 3 is 2.79 bits per heavy atom. The second kappa shape index (κ2) is 8.60. The van der Waals surface area contributed by atoms with E-state index in [9.17, 15) is 19.7 Å². The summed E-state index contributed by atoms with van der Waals surface area (Å²) in [7, 11) is 1.32. The summed E-state index contributed by atoms with van der Waals surface area (Å²) in [5.74, 6) is 0.0425. The van der Waals surface area contributed by atoms with Crippen LogP contribution in [-0.4, -0.2) is 30.5 Å². The lowest BCUT2D eigenvalue weighted by molar-refractivity contribution is -0.384. The first-order valence-electron chi connectivity index (χ1n) is 9.20. The zero-order chi connectivity index (χ0) is 21.1. The first-order chi connectivity index (χ1) is 13.8. The molecule has 0 bridgehead atoms. The maximum Gasteiger partial charge on any atom is 0.341 e. The number of esters is 1. The number of nitro groups is 1. The topological polar surface area (TPSA) is 108 Å². The highest BCUT2D eigenvalue weighted by Gasteiger charge is 2.29. The number of methoxy groups -OCH3 is 1. The highest BCUT2D eigenvalue weighted by Crippen LogP contribution is 2.40. The molecule has 1 aromatic carbocycles. The minimum Gasteiger partial charge on any atom is -0.483 e. The zero-order valence-corrected chi connectivity index (χ0v) is 17.3. The van der Waals surface area contributed by atoms with Crippen LogP contribution in [0.3, 0.4) is 0 Å². The molecule has 1 amide bonds. The normalized spacial score (nSPS) is 15.3. The number of rotatable bonds is 6. The van der Waals surface area contributed by atoms with Crippen LogP contribution in [0.4, 0.5) is 10.7 Å². The van der Waals surface area contributed by atoms with Crippen LogP contribution < -0.4 is 10.1 Å². The van der Waals surface area contributed by atoms with E-state index in [1.165, 1.54) is 36.6 Å². The number of nitrogens with zero attached hydrogens (tertiary/aromatic N) is 1. The molecule has 0 spiro atoms. The number of nitro benzene ring substituents is 1. The van der Waals surface area contributed by atoms with Gasteiger partial charge >= 0.3 is 5.97 Å². The van der Waals surface area contributed by atoms with Crippen molar-refractivity contribution in [2.24, 2.45) is 5.92 Å². The van der Waals surface area contributed by atoms with Crippen LogP contribution in [0, 0.1) is 23.0 Å². The number of anilines is 1. The number of non-ortho nitro benzene ring substituents is 1. The second-order valence-corrected chi connectivity index (χ2v) is 8.20. The summed E-state index contributed by atoms with van der Waals surface area (Å²) in [5, 5.41) is 14.1. The average Bonchev–Trinajstić information content (AvgIpc) is 3.02. The lowest BCUT2D eigenvalue weighted by Crippen LogP contribution is -2.21. The van der Waals surface area contributed by atoms with Gasteiger partial charge in [0.15, 0.2) is 6.61 Å². The van der Waals surface area contributed by atoms with Gasteiger partial charge < -0.3 is 14.8 Å². The summed E-state index contributed by atoms with van der Waals surface area (Å²) >= 11 is 1.40. The Balaban J connectivity index is 1.72. The Morgan fingerprint density at radius 1 is 1.38 bits per heavy atom. The zero-order valence-electron chi connectivity index (χ0n) is 16.4. The Morgan fingerprint density at radius 2 is 2.14 bits per heavy atom. The maximum atomic E-state index is 12.4. The number of hydrogen-bond donors (Lipinski definition) is 1. The van der Waals surface area contributed by atoms with Crippen molar-refractivity contribution in [2.45, 2.75) is 33.1 Å². The van der Waals surface area contributed by atoms with Crippen molar-refractivity contribution >= 4 is 33.9 Å². The van der Waals surface area contributed by atoms with Gasteiger partial charge in [0.05, 0.1) is 17.6 Å². The number of carbonyl (C=O) groups excluding carboxylic acids is 2. The molecule has 8 nitrogen and oxygen atoms in total. The van der Waals surface area contributed by atoms with Crippen LogP contribution >= 0.6 is 11.3 Å². The summed E-state index contributed by atoms with van der Waals surface area (Å²) < 4.78 is 10.4. The fourth-order valence-corrected chi connectivity index (χ4v) is 4.79. The number of thiophene rings is 1. The van der Waals surface area contributed by atoms with Crippen LogP contribution in [-0.2, 0) is 22.4 Å². The van der Waals surface area contributed by atoms with E-state index in [0.717, 1.165) is 29.7 Å². The number of benzene rings is 1. The van der Waals surface area contributed by atoms with Gasteiger partial charge in [0.25, 0.3) is 11.6 Å². The first kappa shape index (κ1) is 20.8. The number of hydrogen-bond acceptors (Lipinski definition) is 7. The van der Waals surface area contributed by atoms with Gasteiger partial charge in [-0.25, -0.2) is 4.79 Å². The molecular formula is C20H22N2O6S. The quantitative estimate of drug-likeness (QED) is 0.433. The van der Waals surface area contributed by atoms with Crippen LogP contribution in [0.5, 0.6) is 5.75 Å². The molecule has 9 heteroatoms. The molecule has 0 saturated carbocycles. The number of fused-ring (bicyclic) bond motifs is 1. The van der Waals surface area contributed by atoms with E-state index < -0.39 is 16.8 Å². The summed E-state index contributed by atoms with van der Waals surface area (Å²) in [4.78, 5) is 36.1. The Kier molecular flexibility index (Phi) is 6.17. The molecule has 0 saturated heterocycles. The predicted molar refractivity (Wildman–Crippen MR) is 109 cm³/mol. The molecule has 1 unspecified atom stereocenters. The van der Waals surface area contributed by atoms with Crippen molar-refractivity contribution in [2.75, 3.05) is 19.0 Å². The largest absolute Gasteiger partial charge is 0.483 e. The van der Waals surface area contributed by atoms with Gasteiger partial charge in [-0.1, -0.05) is 6.92 Å². The van der Waals surface area contributed by atoms with Gasteiger partial charge in [0.2, 0.25) is 0 Å². The third-order valence-electron chi connectivity index (χ3n) is 4.88. The molecule has 0 fully saturated rings. The molecule has 2 aromatic rings. The Bertz CT molecular complexity index is 968. The molecule has 1 aliphatic carbocycles. The lowest BCUT2D eigenvalue weighted by Gasteiger charge is -2.18. The van der Waals surface area contributed by atoms with E-state index in [-0.39, 0.29) is 12.3 Å². The number of amides is 1. The molecule has 1 atom stereocenters. The molecule has 0 aliphatic heterocycles. The lowest BCUT2D eigenvalue weighted by atomic mass is 9.88. The molecule has 1 heterocycles. The fourth-order valence-electron chi connectivity index (χ4n) is 3.37. The highest BCUT2D eigenvalue weighted by atomic mass is 32.1. The molecule has 29 heavy (non-hydrogen) atoms. The molecular weight excluding hydrogens is 396 g/mol. The van der Waals surface area contributed by atoms with Gasteiger partial charge in [-0.05, 0) is 49.3 Å². The summed E-state index contributed by atoms with van der Waals surface area (Å²) in [6.07, 6.45) is 2.65. The van der Waals surface area contributed by atoms with Crippen molar-refractivity contribution < 1.29 is 24.0 Å². The molecule has 1 aliphatic rings.